The molecule has 5 nitrogen and oxygen atoms in total. The van der Waals surface area contributed by atoms with Crippen LogP contribution in [0.1, 0.15) is 33.1 Å². The van der Waals surface area contributed by atoms with Crippen LogP contribution >= 0.6 is 0 Å². The Morgan fingerprint density at radius 2 is 2.00 bits per heavy atom. The van der Waals surface area contributed by atoms with Crippen LogP contribution in [0.5, 0.6) is 0 Å². The maximum atomic E-state index is 11.9. The summed E-state index contributed by atoms with van der Waals surface area (Å²) in [5, 5.41) is 11.9. The average molecular weight is 245 g/mol. The third kappa shape index (κ3) is 7.31. The van der Waals surface area contributed by atoms with Gasteiger partial charge in [-0.05, 0) is 33.2 Å². The number of aliphatic hydroxyl groups is 1. The lowest BCUT2D eigenvalue weighted by Crippen LogP contribution is -2.42. The van der Waals surface area contributed by atoms with Crippen LogP contribution < -0.4 is 11.1 Å². The summed E-state index contributed by atoms with van der Waals surface area (Å²) >= 11 is 0. The van der Waals surface area contributed by atoms with Gasteiger partial charge in [0.1, 0.15) is 0 Å². The van der Waals surface area contributed by atoms with Gasteiger partial charge in [0.05, 0.1) is 0 Å². The van der Waals surface area contributed by atoms with Crippen LogP contribution in [0.4, 0.5) is 0 Å². The van der Waals surface area contributed by atoms with Crippen LogP contribution in [0.25, 0.3) is 0 Å². The number of nitrogens with one attached hydrogen (secondary N) is 1. The second-order valence-electron chi connectivity index (χ2n) is 4.09. The molecule has 1 unspecified atom stereocenters. The van der Waals surface area contributed by atoms with Crippen LogP contribution in [0.15, 0.2) is 0 Å². The number of carbonyl (C=O) groups excluding carboxylic acids is 1. The van der Waals surface area contributed by atoms with Gasteiger partial charge in [0, 0.05) is 38.7 Å². The van der Waals surface area contributed by atoms with Crippen molar-refractivity contribution in [2.24, 2.45) is 5.73 Å². The smallest absolute Gasteiger partial charge is 0.224 e. The Balaban J connectivity index is 3.90. The molecule has 4 N–H and O–H groups in total. The van der Waals surface area contributed by atoms with E-state index in [9.17, 15) is 4.79 Å². The van der Waals surface area contributed by atoms with Gasteiger partial charge in [-0.2, -0.15) is 0 Å². The molecule has 0 bridgehead atoms. The Kier molecular flexibility index (Phi) is 10.1. The molecule has 1 amide bonds. The van der Waals surface area contributed by atoms with Crippen molar-refractivity contribution >= 4 is 5.91 Å². The van der Waals surface area contributed by atoms with Crippen molar-refractivity contribution in [3.8, 4) is 0 Å². The lowest BCUT2D eigenvalue weighted by atomic mass is 10.1. The Labute approximate surface area is 104 Å². The third-order valence-corrected chi connectivity index (χ3v) is 2.84. The first-order chi connectivity index (χ1) is 8.19. The maximum absolute atomic E-state index is 11.9. The first kappa shape index (κ1) is 16.4. The van der Waals surface area contributed by atoms with E-state index in [1.54, 1.807) is 0 Å². The number of unbranched alkanes of at least 4 members (excludes halogenated alkanes) is 1. The van der Waals surface area contributed by atoms with E-state index in [1.807, 2.05) is 18.7 Å². The molecule has 0 spiro atoms. The zero-order valence-corrected chi connectivity index (χ0v) is 11.1. The molecule has 17 heavy (non-hydrogen) atoms. The number of hydrogen-bond donors (Lipinski definition) is 3. The first-order valence-corrected chi connectivity index (χ1v) is 6.51. The summed E-state index contributed by atoms with van der Waals surface area (Å²) in [5.74, 6) is 0.153. The fourth-order valence-electron chi connectivity index (χ4n) is 1.70. The number of nitrogens with two attached hydrogens (primary N) is 1. The largest absolute Gasteiger partial charge is 0.396 e. The van der Waals surface area contributed by atoms with Crippen LogP contribution in [0, 0.1) is 0 Å². The zero-order chi connectivity index (χ0) is 13.1. The number of hydrogen-bond acceptors (Lipinski definition) is 4. The van der Waals surface area contributed by atoms with E-state index >= 15 is 0 Å². The minimum Gasteiger partial charge on any atom is -0.396 e. The lowest BCUT2D eigenvalue weighted by molar-refractivity contribution is -0.131. The van der Waals surface area contributed by atoms with Crippen molar-refractivity contribution in [2.75, 3.05) is 32.8 Å². The van der Waals surface area contributed by atoms with E-state index in [0.29, 0.717) is 13.0 Å². The highest BCUT2D eigenvalue weighted by Gasteiger charge is 2.15. The van der Waals surface area contributed by atoms with Crippen LogP contribution in [0.3, 0.4) is 0 Å². The van der Waals surface area contributed by atoms with E-state index in [1.165, 1.54) is 0 Å². The number of amides is 1. The highest BCUT2D eigenvalue weighted by atomic mass is 16.2. The normalized spacial score (nSPS) is 12.5. The van der Waals surface area contributed by atoms with E-state index in [4.69, 9.17) is 10.8 Å². The molecular formula is C12H27N3O2. The van der Waals surface area contributed by atoms with E-state index in [-0.39, 0.29) is 18.6 Å². The highest BCUT2D eigenvalue weighted by molar-refractivity contribution is 5.76. The molecule has 0 aromatic rings. The van der Waals surface area contributed by atoms with Crippen molar-refractivity contribution < 1.29 is 9.90 Å². The van der Waals surface area contributed by atoms with Gasteiger partial charge < -0.3 is 21.1 Å². The van der Waals surface area contributed by atoms with E-state index < -0.39 is 0 Å². The van der Waals surface area contributed by atoms with Crippen molar-refractivity contribution in [3.63, 3.8) is 0 Å². The van der Waals surface area contributed by atoms with Crippen molar-refractivity contribution in [1.82, 2.24) is 10.2 Å². The quantitative estimate of drug-likeness (QED) is 0.471. The van der Waals surface area contributed by atoms with Gasteiger partial charge in [0.2, 0.25) is 5.91 Å². The fraction of sp³-hybridized carbons (Fsp3) is 0.917. The molecule has 0 aromatic heterocycles. The Morgan fingerprint density at radius 1 is 1.35 bits per heavy atom. The van der Waals surface area contributed by atoms with Crippen LogP contribution in [0.2, 0.25) is 0 Å². The zero-order valence-electron chi connectivity index (χ0n) is 11.1. The first-order valence-electron chi connectivity index (χ1n) is 6.51. The number of aliphatic hydroxyl groups excluding tert-OH is 1. The predicted molar refractivity (Wildman–Crippen MR) is 69.7 cm³/mol. The van der Waals surface area contributed by atoms with Gasteiger partial charge >= 0.3 is 0 Å². The molecular weight excluding hydrogens is 218 g/mol. The van der Waals surface area contributed by atoms with Crippen LogP contribution in [-0.2, 0) is 4.79 Å². The molecule has 0 aliphatic carbocycles. The maximum Gasteiger partial charge on any atom is 0.224 e. The van der Waals surface area contributed by atoms with Crippen LogP contribution in [-0.4, -0.2) is 54.7 Å². The molecule has 0 rings (SSSR count). The van der Waals surface area contributed by atoms with Gasteiger partial charge in [-0.15, -0.1) is 0 Å². The molecule has 0 fully saturated rings. The summed E-state index contributed by atoms with van der Waals surface area (Å²) in [7, 11) is 0. The summed E-state index contributed by atoms with van der Waals surface area (Å²) in [5.41, 5.74) is 5.64. The molecule has 0 heterocycles. The number of nitrogens with zero attached hydrogens (tertiary/aromatic N) is 1. The molecule has 5 heteroatoms. The minimum atomic E-state index is 0.0433. The predicted octanol–water partition coefficient (Wildman–Crippen LogP) is -0.0657. The lowest BCUT2D eigenvalue weighted by Gasteiger charge is -2.22. The molecule has 0 saturated carbocycles. The standard InChI is InChI=1S/C12H27N3O2/c1-3-15(4-2)12(17)9-11(10-13)14-7-5-6-8-16/h11,14,16H,3-10,13H2,1-2H3. The van der Waals surface area contributed by atoms with Crippen molar-refractivity contribution in [3.05, 3.63) is 0 Å². The van der Waals surface area contributed by atoms with E-state index in [0.717, 1.165) is 32.5 Å². The summed E-state index contributed by atoms with van der Waals surface area (Å²) in [6.45, 7) is 6.93. The molecule has 0 saturated heterocycles. The molecule has 0 aliphatic rings. The van der Waals surface area contributed by atoms with Gasteiger partial charge in [-0.25, -0.2) is 0 Å². The molecule has 0 aliphatic heterocycles. The minimum absolute atomic E-state index is 0.0433. The summed E-state index contributed by atoms with van der Waals surface area (Å²) in [6.07, 6.45) is 2.15. The number of rotatable bonds is 10. The second-order valence-corrected chi connectivity index (χ2v) is 4.09. The number of carbonyl (C=O) groups is 1. The van der Waals surface area contributed by atoms with E-state index in [2.05, 4.69) is 5.32 Å². The summed E-state index contributed by atoms with van der Waals surface area (Å²) < 4.78 is 0. The van der Waals surface area contributed by atoms with Gasteiger partial charge in [0.15, 0.2) is 0 Å². The SMILES string of the molecule is CCN(CC)C(=O)CC(CN)NCCCCO. The Hall–Kier alpha value is -0.650. The van der Waals surface area contributed by atoms with Crippen molar-refractivity contribution in [1.29, 1.82) is 0 Å². The Morgan fingerprint density at radius 3 is 2.47 bits per heavy atom. The highest BCUT2D eigenvalue weighted by Crippen LogP contribution is 1.99. The average Bonchev–Trinajstić information content (AvgIpc) is 2.34. The topological polar surface area (TPSA) is 78.6 Å². The monoisotopic (exact) mass is 245 g/mol. The van der Waals surface area contributed by atoms with Gasteiger partial charge in [-0.1, -0.05) is 0 Å². The summed E-state index contributed by atoms with van der Waals surface area (Å²) in [4.78, 5) is 13.7. The fourth-order valence-corrected chi connectivity index (χ4v) is 1.70. The molecule has 0 radical (unpaired) electrons. The Bertz CT molecular complexity index is 196. The second kappa shape index (κ2) is 10.5. The van der Waals surface area contributed by atoms with Gasteiger partial charge in [0.25, 0.3) is 0 Å². The molecule has 102 valence electrons. The third-order valence-electron chi connectivity index (χ3n) is 2.84. The molecule has 0 aromatic carbocycles. The van der Waals surface area contributed by atoms with Gasteiger partial charge in [-0.3, -0.25) is 4.79 Å². The van der Waals surface area contributed by atoms with Crippen molar-refractivity contribution in [2.45, 2.75) is 39.2 Å². The molecule has 1 atom stereocenters. The summed E-state index contributed by atoms with van der Waals surface area (Å²) in [6, 6.07) is 0.0433.